The number of rotatable bonds is 5. The number of carbonyl (C=O) groups excluding carboxylic acids is 1. The molecule has 0 saturated heterocycles. The van der Waals surface area contributed by atoms with Crippen LogP contribution >= 0.6 is 11.6 Å². The second kappa shape index (κ2) is 8.95. The van der Waals surface area contributed by atoms with Gasteiger partial charge in [-0.05, 0) is 79.3 Å². The molecule has 1 amide bonds. The van der Waals surface area contributed by atoms with E-state index in [4.69, 9.17) is 25.8 Å². The first kappa shape index (κ1) is 22.0. The van der Waals surface area contributed by atoms with Crippen LogP contribution in [0, 0.1) is 17.2 Å². The Morgan fingerprint density at radius 3 is 2.76 bits per heavy atom. The van der Waals surface area contributed by atoms with Crippen molar-refractivity contribution in [2.24, 2.45) is 5.92 Å². The molecule has 2 aliphatic carbocycles. The lowest BCUT2D eigenvalue weighted by Gasteiger charge is -2.53. The molecule has 0 N–H and O–H groups in total. The zero-order chi connectivity index (χ0) is 21.1. The number of benzene rings is 1. The molecule has 1 fully saturated rings. The van der Waals surface area contributed by atoms with Gasteiger partial charge in [-0.15, -0.1) is 0 Å². The van der Waals surface area contributed by atoms with Crippen LogP contribution in [0.25, 0.3) is 0 Å². The summed E-state index contributed by atoms with van der Waals surface area (Å²) in [6, 6.07) is 6.08. The van der Waals surface area contributed by atoms with Gasteiger partial charge < -0.3 is 19.1 Å². The molecule has 0 aromatic heterocycles. The Hall–Kier alpha value is -1.74. The number of hydrogen-bond donors (Lipinski definition) is 0. The van der Waals surface area contributed by atoms with Crippen LogP contribution in [0.5, 0.6) is 5.75 Å². The molecular formula is C23H30ClNO4. The topological polar surface area (TPSA) is 48.0 Å². The number of fused-ring (bicyclic) bond motifs is 3. The van der Waals surface area contributed by atoms with Crippen molar-refractivity contribution in [3.05, 3.63) is 29.3 Å². The van der Waals surface area contributed by atoms with E-state index in [0.29, 0.717) is 18.3 Å². The van der Waals surface area contributed by atoms with Crippen molar-refractivity contribution in [2.75, 3.05) is 34.9 Å². The fraction of sp³-hybridized carbons (Fsp3) is 0.609. The quantitative estimate of drug-likeness (QED) is 0.665. The number of nitrogens with zero attached hydrogens (tertiary/aromatic N) is 1. The van der Waals surface area contributed by atoms with E-state index in [1.165, 1.54) is 16.0 Å². The number of methoxy groups -OCH3 is 2. The summed E-state index contributed by atoms with van der Waals surface area (Å²) in [5, 5.41) is 2.55. The number of ether oxygens (including phenoxy) is 3. The van der Waals surface area contributed by atoms with Gasteiger partial charge in [-0.2, -0.15) is 0 Å². The van der Waals surface area contributed by atoms with E-state index in [-0.39, 0.29) is 11.5 Å². The van der Waals surface area contributed by atoms with Gasteiger partial charge in [0.1, 0.15) is 11.4 Å². The van der Waals surface area contributed by atoms with E-state index in [1.54, 1.807) is 28.3 Å². The molecule has 1 saturated carbocycles. The minimum atomic E-state index is -0.471. The van der Waals surface area contributed by atoms with Crippen LogP contribution in [-0.4, -0.2) is 51.5 Å². The summed E-state index contributed by atoms with van der Waals surface area (Å²) in [5.74, 6) is 4.15. The zero-order valence-corrected chi connectivity index (χ0v) is 18.5. The monoisotopic (exact) mass is 419 g/mol. The molecule has 5 nitrogen and oxygen atoms in total. The standard InChI is InChI=1S/C23H30ClNO4/c1-25(2)21(26)29-19-7-8-20-17(15-19)5-6-18-16-22(28-4,11-13-24)9-10-23(18,20)12-14-27-3/h7-8,15,18H,5-6,9-10,12,14,16H2,1-4H3/t18-,22+,23+/m0/s1. The maximum absolute atomic E-state index is 11.9. The number of carbonyl (C=O) groups is 1. The van der Waals surface area contributed by atoms with Gasteiger partial charge in [0.2, 0.25) is 0 Å². The Morgan fingerprint density at radius 2 is 2.10 bits per heavy atom. The van der Waals surface area contributed by atoms with E-state index < -0.39 is 5.60 Å². The Bertz CT molecular complexity index is 815. The maximum Gasteiger partial charge on any atom is 0.414 e. The molecule has 3 rings (SSSR count). The largest absolute Gasteiger partial charge is 0.414 e. The first-order valence-electron chi connectivity index (χ1n) is 10.1. The molecule has 2 aliphatic rings. The highest BCUT2D eigenvalue weighted by Crippen LogP contribution is 2.55. The molecule has 0 unspecified atom stereocenters. The molecule has 3 atom stereocenters. The summed E-state index contributed by atoms with van der Waals surface area (Å²) >= 11 is 5.75. The average molecular weight is 420 g/mol. The third-order valence-corrected chi connectivity index (χ3v) is 6.79. The van der Waals surface area contributed by atoms with Gasteiger partial charge in [-0.25, -0.2) is 4.79 Å². The highest BCUT2D eigenvalue weighted by molar-refractivity contribution is 6.30. The van der Waals surface area contributed by atoms with Crippen LogP contribution in [0.15, 0.2) is 18.2 Å². The predicted molar refractivity (Wildman–Crippen MR) is 113 cm³/mol. The molecule has 0 bridgehead atoms. The van der Waals surface area contributed by atoms with Crippen molar-refractivity contribution in [2.45, 2.75) is 49.5 Å². The first-order valence-corrected chi connectivity index (χ1v) is 10.5. The Kier molecular flexibility index (Phi) is 6.78. The number of halogens is 1. The Labute approximate surface area is 178 Å². The number of hydrogen-bond acceptors (Lipinski definition) is 4. The van der Waals surface area contributed by atoms with Crippen molar-refractivity contribution in [1.82, 2.24) is 4.90 Å². The molecule has 29 heavy (non-hydrogen) atoms. The first-order chi connectivity index (χ1) is 13.9. The van der Waals surface area contributed by atoms with Crippen LogP contribution in [0.2, 0.25) is 0 Å². The molecule has 158 valence electrons. The van der Waals surface area contributed by atoms with E-state index >= 15 is 0 Å². The van der Waals surface area contributed by atoms with Crippen molar-refractivity contribution in [3.63, 3.8) is 0 Å². The van der Waals surface area contributed by atoms with E-state index in [0.717, 1.165) is 38.5 Å². The van der Waals surface area contributed by atoms with Crippen LogP contribution in [0.4, 0.5) is 4.79 Å². The Morgan fingerprint density at radius 1 is 1.31 bits per heavy atom. The summed E-state index contributed by atoms with van der Waals surface area (Å²) in [4.78, 5) is 13.4. The SMILES string of the molecule is COCC[C@]12CC[C@](C#CCl)(OC)C[C@@H]1CCc1cc(OC(=O)N(C)C)ccc12. The molecule has 0 heterocycles. The molecule has 0 radical (unpaired) electrons. The third kappa shape index (κ3) is 4.26. The molecule has 0 spiro atoms. The second-order valence-corrected chi connectivity index (χ2v) is 8.53. The molecule has 0 aliphatic heterocycles. The molecule has 1 aromatic carbocycles. The van der Waals surface area contributed by atoms with E-state index in [2.05, 4.69) is 17.4 Å². The average Bonchev–Trinajstić information content (AvgIpc) is 2.72. The number of aryl methyl sites for hydroxylation is 1. The van der Waals surface area contributed by atoms with E-state index in [9.17, 15) is 4.79 Å². The van der Waals surface area contributed by atoms with Gasteiger partial charge in [0.25, 0.3) is 0 Å². The summed E-state index contributed by atoms with van der Waals surface area (Å²) in [5.41, 5.74) is 2.15. The lowest BCUT2D eigenvalue weighted by molar-refractivity contribution is -0.0457. The van der Waals surface area contributed by atoms with Gasteiger partial charge in [-0.1, -0.05) is 12.0 Å². The van der Waals surface area contributed by atoms with Crippen molar-refractivity contribution in [3.8, 4) is 17.0 Å². The fourth-order valence-corrected chi connectivity index (χ4v) is 5.26. The summed E-state index contributed by atoms with van der Waals surface area (Å²) in [6.07, 6.45) is 5.22. The molecular weight excluding hydrogens is 390 g/mol. The third-order valence-electron chi connectivity index (χ3n) is 6.70. The van der Waals surface area contributed by atoms with Crippen LogP contribution in [-0.2, 0) is 21.3 Å². The highest BCUT2D eigenvalue weighted by Gasteiger charge is 2.51. The van der Waals surface area contributed by atoms with E-state index in [1.807, 2.05) is 12.1 Å². The van der Waals surface area contributed by atoms with Crippen LogP contribution in [0.3, 0.4) is 0 Å². The van der Waals surface area contributed by atoms with Gasteiger partial charge >= 0.3 is 6.09 Å². The lowest BCUT2D eigenvalue weighted by Crippen LogP contribution is -2.50. The van der Waals surface area contributed by atoms with Crippen LogP contribution in [0.1, 0.15) is 43.2 Å². The summed E-state index contributed by atoms with van der Waals surface area (Å²) in [6.45, 7) is 0.703. The van der Waals surface area contributed by atoms with Gasteiger partial charge in [0, 0.05) is 45.7 Å². The van der Waals surface area contributed by atoms with Crippen LogP contribution < -0.4 is 4.74 Å². The van der Waals surface area contributed by atoms with Crippen molar-refractivity contribution < 1.29 is 19.0 Å². The zero-order valence-electron chi connectivity index (χ0n) is 17.7. The van der Waals surface area contributed by atoms with Crippen molar-refractivity contribution in [1.29, 1.82) is 0 Å². The lowest BCUT2D eigenvalue weighted by atomic mass is 9.53. The Balaban J connectivity index is 1.95. The smallest absolute Gasteiger partial charge is 0.410 e. The maximum atomic E-state index is 11.9. The van der Waals surface area contributed by atoms with Gasteiger partial charge in [0.15, 0.2) is 0 Å². The summed E-state index contributed by atoms with van der Waals surface area (Å²) < 4.78 is 16.8. The predicted octanol–water partition coefficient (Wildman–Crippen LogP) is 4.35. The molecule has 1 aromatic rings. The summed E-state index contributed by atoms with van der Waals surface area (Å²) in [7, 11) is 6.84. The van der Waals surface area contributed by atoms with Gasteiger partial charge in [-0.3, -0.25) is 0 Å². The highest BCUT2D eigenvalue weighted by atomic mass is 35.5. The minimum absolute atomic E-state index is 0.0176. The van der Waals surface area contributed by atoms with Gasteiger partial charge in [0.05, 0.1) is 0 Å². The minimum Gasteiger partial charge on any atom is -0.410 e. The number of amides is 1. The van der Waals surface area contributed by atoms with Crippen molar-refractivity contribution >= 4 is 17.7 Å². The second-order valence-electron chi connectivity index (χ2n) is 8.34. The normalized spacial score (nSPS) is 27.8. The fourth-order valence-electron chi connectivity index (χ4n) is 5.09. The molecule has 6 heteroatoms.